The molecular weight excluding hydrogens is 256 g/mol. The Labute approximate surface area is 123 Å². The molecule has 0 fully saturated rings. The van der Waals surface area contributed by atoms with Gasteiger partial charge >= 0.3 is 0 Å². The number of hydrogen-bond donors (Lipinski definition) is 0. The van der Waals surface area contributed by atoms with Gasteiger partial charge in [0.05, 0.1) is 8.07 Å². The molecular formula is C19H20Si. The van der Waals surface area contributed by atoms with Crippen LogP contribution in [0.3, 0.4) is 0 Å². The minimum Gasteiger partial charge on any atom is -0.0790 e. The van der Waals surface area contributed by atoms with Crippen molar-refractivity contribution in [1.82, 2.24) is 0 Å². The molecule has 0 aromatic heterocycles. The predicted molar refractivity (Wildman–Crippen MR) is 91.1 cm³/mol. The number of rotatable bonds is 2. The van der Waals surface area contributed by atoms with Gasteiger partial charge in [0.2, 0.25) is 0 Å². The Morgan fingerprint density at radius 2 is 1.40 bits per heavy atom. The maximum absolute atomic E-state index is 3.35. The van der Waals surface area contributed by atoms with Gasteiger partial charge in [0.15, 0.2) is 0 Å². The third-order valence-electron chi connectivity index (χ3n) is 2.78. The summed E-state index contributed by atoms with van der Waals surface area (Å²) >= 11 is 0. The van der Waals surface area contributed by atoms with Gasteiger partial charge in [0.1, 0.15) is 0 Å². The predicted octanol–water partition coefficient (Wildman–Crippen LogP) is 5.00. The molecule has 0 saturated carbocycles. The lowest BCUT2D eigenvalue weighted by Gasteiger charge is -2.11. The van der Waals surface area contributed by atoms with Gasteiger partial charge in [-0.2, -0.15) is 0 Å². The van der Waals surface area contributed by atoms with Crippen molar-refractivity contribution in [2.24, 2.45) is 0 Å². The first kappa shape index (κ1) is 14.4. The standard InChI is InChI=1S/C19H20Si/c1-20(2,3)16-19(18-12-8-5-9-13-18)15-14-17-10-6-4-7-11-17/h4-13,16H,1-3H3/b19-16+. The van der Waals surface area contributed by atoms with Crippen molar-refractivity contribution < 1.29 is 0 Å². The molecule has 0 saturated heterocycles. The second-order valence-corrected chi connectivity index (χ2v) is 10.9. The molecule has 0 radical (unpaired) electrons. The van der Waals surface area contributed by atoms with Crippen LogP contribution in [0.25, 0.3) is 5.57 Å². The lowest BCUT2D eigenvalue weighted by Crippen LogP contribution is -2.16. The van der Waals surface area contributed by atoms with Gasteiger partial charge in [-0.05, 0) is 17.7 Å². The summed E-state index contributed by atoms with van der Waals surface area (Å²) in [5.41, 5.74) is 5.79. The fourth-order valence-electron chi connectivity index (χ4n) is 1.90. The molecule has 0 aliphatic heterocycles. The molecule has 0 aliphatic carbocycles. The van der Waals surface area contributed by atoms with Crippen molar-refractivity contribution in [3.05, 3.63) is 77.5 Å². The van der Waals surface area contributed by atoms with Crippen molar-refractivity contribution in [2.45, 2.75) is 19.6 Å². The quantitative estimate of drug-likeness (QED) is 0.535. The zero-order chi connectivity index (χ0) is 14.4. The van der Waals surface area contributed by atoms with Crippen LogP contribution < -0.4 is 0 Å². The zero-order valence-electron chi connectivity index (χ0n) is 12.4. The molecule has 0 spiro atoms. The highest BCUT2D eigenvalue weighted by molar-refractivity contribution is 6.81. The minimum atomic E-state index is -1.31. The average molecular weight is 276 g/mol. The summed E-state index contributed by atoms with van der Waals surface area (Å²) in [4.78, 5) is 0. The Balaban J connectivity index is 2.40. The van der Waals surface area contributed by atoms with Crippen LogP contribution in [-0.2, 0) is 0 Å². The highest BCUT2D eigenvalue weighted by atomic mass is 28.3. The molecule has 0 bridgehead atoms. The zero-order valence-corrected chi connectivity index (χ0v) is 13.4. The van der Waals surface area contributed by atoms with Crippen molar-refractivity contribution in [3.63, 3.8) is 0 Å². The van der Waals surface area contributed by atoms with Crippen LogP contribution in [0.2, 0.25) is 19.6 Å². The van der Waals surface area contributed by atoms with E-state index in [9.17, 15) is 0 Å². The first-order chi connectivity index (χ1) is 9.54. The molecule has 2 rings (SSSR count). The third kappa shape index (κ3) is 4.57. The van der Waals surface area contributed by atoms with Crippen LogP contribution in [0.15, 0.2) is 66.4 Å². The molecule has 100 valence electrons. The summed E-state index contributed by atoms with van der Waals surface area (Å²) in [5.74, 6) is 6.62. The first-order valence-corrected chi connectivity index (χ1v) is 10.5. The fraction of sp³-hybridized carbons (Fsp3) is 0.158. The molecule has 0 unspecified atom stereocenters. The van der Waals surface area contributed by atoms with E-state index >= 15 is 0 Å². The molecule has 0 atom stereocenters. The fourth-order valence-corrected chi connectivity index (χ4v) is 3.01. The Morgan fingerprint density at radius 3 is 1.95 bits per heavy atom. The van der Waals surface area contributed by atoms with E-state index in [-0.39, 0.29) is 0 Å². The van der Waals surface area contributed by atoms with Gasteiger partial charge in [-0.3, -0.25) is 0 Å². The molecule has 2 aromatic rings. The van der Waals surface area contributed by atoms with Gasteiger partial charge < -0.3 is 0 Å². The van der Waals surface area contributed by atoms with E-state index in [1.165, 1.54) is 5.56 Å². The summed E-state index contributed by atoms with van der Waals surface area (Å²) in [7, 11) is -1.31. The maximum Gasteiger partial charge on any atom is 0.0703 e. The van der Waals surface area contributed by atoms with Gasteiger partial charge in [-0.15, -0.1) is 0 Å². The summed E-state index contributed by atoms with van der Waals surface area (Å²) in [6.45, 7) is 7.00. The smallest absolute Gasteiger partial charge is 0.0703 e. The average Bonchev–Trinajstić information content (AvgIpc) is 2.44. The highest BCUT2D eigenvalue weighted by Crippen LogP contribution is 2.17. The molecule has 20 heavy (non-hydrogen) atoms. The van der Waals surface area contributed by atoms with Crippen molar-refractivity contribution in [1.29, 1.82) is 0 Å². The van der Waals surface area contributed by atoms with E-state index in [1.807, 2.05) is 36.4 Å². The number of allylic oxidation sites excluding steroid dienone is 1. The molecule has 1 heteroatoms. The summed E-state index contributed by atoms with van der Waals surface area (Å²) in [6, 6.07) is 20.6. The SMILES string of the molecule is C[Si](C)(C)/C=C(\C#Cc1ccccc1)c1ccccc1. The van der Waals surface area contributed by atoms with E-state index in [4.69, 9.17) is 0 Å². The summed E-state index contributed by atoms with van der Waals surface area (Å²) in [5, 5.41) is 0. The van der Waals surface area contributed by atoms with Crippen LogP contribution in [0, 0.1) is 11.8 Å². The minimum absolute atomic E-state index is 1.06. The lowest BCUT2D eigenvalue weighted by atomic mass is 10.1. The molecule has 0 amide bonds. The van der Waals surface area contributed by atoms with Gasteiger partial charge in [0.25, 0.3) is 0 Å². The number of benzene rings is 2. The van der Waals surface area contributed by atoms with E-state index < -0.39 is 8.07 Å². The normalized spacial score (nSPS) is 11.7. The van der Waals surface area contributed by atoms with Gasteiger partial charge in [-0.25, -0.2) is 0 Å². The van der Waals surface area contributed by atoms with Gasteiger partial charge in [0, 0.05) is 11.1 Å². The maximum atomic E-state index is 3.35. The largest absolute Gasteiger partial charge is 0.0790 e. The first-order valence-electron chi connectivity index (χ1n) is 6.90. The molecule has 0 heterocycles. The topological polar surface area (TPSA) is 0 Å². The Kier molecular flexibility index (Phi) is 4.60. The monoisotopic (exact) mass is 276 g/mol. The molecule has 0 aliphatic rings. The Bertz CT molecular complexity index is 635. The summed E-state index contributed by atoms with van der Waals surface area (Å²) in [6.07, 6.45) is 0. The van der Waals surface area contributed by atoms with Crippen molar-refractivity contribution >= 4 is 13.6 Å². The Hall–Kier alpha value is -2.04. The molecule has 0 nitrogen and oxygen atoms in total. The van der Waals surface area contributed by atoms with E-state index in [2.05, 4.69) is 61.4 Å². The van der Waals surface area contributed by atoms with E-state index in [0.717, 1.165) is 11.1 Å². The van der Waals surface area contributed by atoms with Crippen molar-refractivity contribution in [3.8, 4) is 11.8 Å². The second-order valence-electron chi connectivity index (χ2n) is 5.91. The van der Waals surface area contributed by atoms with Crippen LogP contribution >= 0.6 is 0 Å². The second kappa shape index (κ2) is 6.41. The highest BCUT2D eigenvalue weighted by Gasteiger charge is 2.11. The Morgan fingerprint density at radius 1 is 0.850 bits per heavy atom. The molecule has 0 N–H and O–H groups in total. The van der Waals surface area contributed by atoms with Gasteiger partial charge in [-0.1, -0.05) is 85.7 Å². The third-order valence-corrected chi connectivity index (χ3v) is 3.93. The van der Waals surface area contributed by atoms with Crippen LogP contribution in [-0.4, -0.2) is 8.07 Å². The summed E-state index contributed by atoms with van der Waals surface area (Å²) < 4.78 is 0. The van der Waals surface area contributed by atoms with Crippen LogP contribution in [0.4, 0.5) is 0 Å². The molecule has 2 aromatic carbocycles. The van der Waals surface area contributed by atoms with Crippen LogP contribution in [0.1, 0.15) is 11.1 Å². The number of hydrogen-bond acceptors (Lipinski definition) is 0. The van der Waals surface area contributed by atoms with Crippen molar-refractivity contribution in [2.75, 3.05) is 0 Å². The lowest BCUT2D eigenvalue weighted by molar-refractivity contribution is 1.62. The van der Waals surface area contributed by atoms with E-state index in [0.29, 0.717) is 0 Å². The van der Waals surface area contributed by atoms with E-state index in [1.54, 1.807) is 0 Å². The van der Waals surface area contributed by atoms with Crippen LogP contribution in [0.5, 0.6) is 0 Å².